The summed E-state index contributed by atoms with van der Waals surface area (Å²) in [6.07, 6.45) is 3.91. The average Bonchev–Trinajstić information content (AvgIpc) is 2.79. The van der Waals surface area contributed by atoms with E-state index in [9.17, 15) is 9.59 Å². The molecule has 2 aliphatic rings. The molecule has 0 spiro atoms. The van der Waals surface area contributed by atoms with Crippen molar-refractivity contribution in [3.63, 3.8) is 0 Å². The van der Waals surface area contributed by atoms with E-state index in [2.05, 4.69) is 35.0 Å². The second kappa shape index (κ2) is 9.57. The number of carbonyl (C=O) groups excluding carboxylic acids is 2. The van der Waals surface area contributed by atoms with Crippen molar-refractivity contribution in [3.8, 4) is 0 Å². The van der Waals surface area contributed by atoms with Gasteiger partial charge < -0.3 is 20.0 Å². The molecule has 2 amide bonds. The first kappa shape index (κ1) is 22.1. The number of piperazine rings is 1. The van der Waals surface area contributed by atoms with Gasteiger partial charge in [-0.1, -0.05) is 31.2 Å². The number of benzene rings is 2. The maximum Gasteiger partial charge on any atom is 0.226 e. The lowest BCUT2D eigenvalue weighted by Crippen LogP contribution is -2.46. The normalized spacial score (nSPS) is 18.4. The van der Waals surface area contributed by atoms with Crippen molar-refractivity contribution in [2.45, 2.75) is 33.2 Å². The molecule has 1 atom stereocenters. The lowest BCUT2D eigenvalue weighted by Gasteiger charge is -2.36. The van der Waals surface area contributed by atoms with Gasteiger partial charge in [0.2, 0.25) is 11.8 Å². The van der Waals surface area contributed by atoms with Gasteiger partial charge in [0.15, 0.2) is 0 Å². The monoisotopic (exact) mass is 432 g/mol. The molecule has 2 aliphatic heterocycles. The van der Waals surface area contributed by atoms with Crippen LogP contribution >= 0.6 is 0 Å². The highest BCUT2D eigenvalue weighted by atomic mass is 16.2. The van der Waals surface area contributed by atoms with E-state index >= 15 is 0 Å². The van der Waals surface area contributed by atoms with Gasteiger partial charge in [0, 0.05) is 50.7 Å². The van der Waals surface area contributed by atoms with E-state index in [1.165, 1.54) is 12.6 Å². The summed E-state index contributed by atoms with van der Waals surface area (Å²) in [5, 5.41) is 3.04. The Morgan fingerprint density at radius 3 is 2.50 bits per heavy atom. The summed E-state index contributed by atoms with van der Waals surface area (Å²) in [5.74, 6) is -0.174. The van der Waals surface area contributed by atoms with Gasteiger partial charge in [-0.3, -0.25) is 9.59 Å². The number of rotatable bonds is 5. The molecule has 0 saturated carbocycles. The second-order valence-electron chi connectivity index (χ2n) is 8.56. The van der Waals surface area contributed by atoms with Crippen LogP contribution in [0.25, 0.3) is 6.08 Å². The van der Waals surface area contributed by atoms with Crippen LogP contribution < -0.4 is 10.2 Å². The first-order chi connectivity index (χ1) is 15.5. The molecule has 1 N–H and O–H groups in total. The highest BCUT2D eigenvalue weighted by Crippen LogP contribution is 2.33. The van der Waals surface area contributed by atoms with Gasteiger partial charge in [0.1, 0.15) is 0 Å². The Balaban J connectivity index is 1.44. The van der Waals surface area contributed by atoms with E-state index in [1.54, 1.807) is 11.1 Å². The van der Waals surface area contributed by atoms with E-state index in [0.717, 1.165) is 55.1 Å². The van der Waals surface area contributed by atoms with Gasteiger partial charge in [-0.15, -0.1) is 0 Å². The number of amides is 2. The maximum atomic E-state index is 12.9. The van der Waals surface area contributed by atoms with Crippen LogP contribution in [0.3, 0.4) is 0 Å². The average molecular weight is 433 g/mol. The Morgan fingerprint density at radius 1 is 1.06 bits per heavy atom. The third kappa shape index (κ3) is 4.70. The molecule has 4 rings (SSSR count). The largest absolute Gasteiger partial charge is 0.369 e. The van der Waals surface area contributed by atoms with Crippen LogP contribution in [0.1, 0.15) is 43.0 Å². The number of carbonyl (C=O) groups is 2. The van der Waals surface area contributed by atoms with E-state index in [4.69, 9.17) is 0 Å². The van der Waals surface area contributed by atoms with Crippen molar-refractivity contribution in [2.75, 3.05) is 42.9 Å². The van der Waals surface area contributed by atoms with Crippen molar-refractivity contribution in [1.82, 2.24) is 9.80 Å². The fourth-order valence-corrected chi connectivity index (χ4v) is 4.69. The fourth-order valence-electron chi connectivity index (χ4n) is 4.69. The molecule has 0 aromatic heterocycles. The molecular formula is C26H32N4O2. The smallest absolute Gasteiger partial charge is 0.226 e. The van der Waals surface area contributed by atoms with Crippen LogP contribution in [-0.4, -0.2) is 54.3 Å². The predicted octanol–water partition coefficient (Wildman–Crippen LogP) is 4.04. The van der Waals surface area contributed by atoms with E-state index in [-0.39, 0.29) is 24.3 Å². The van der Waals surface area contributed by atoms with Gasteiger partial charge in [-0.05, 0) is 54.4 Å². The van der Waals surface area contributed by atoms with Crippen LogP contribution in [0.15, 0.2) is 48.7 Å². The van der Waals surface area contributed by atoms with Gasteiger partial charge >= 0.3 is 0 Å². The topological polar surface area (TPSA) is 55.9 Å². The molecular weight excluding hydrogens is 400 g/mol. The van der Waals surface area contributed by atoms with E-state index in [1.807, 2.05) is 42.5 Å². The summed E-state index contributed by atoms with van der Waals surface area (Å²) in [6.45, 7) is 11.1. The van der Waals surface area contributed by atoms with Gasteiger partial charge in [-0.25, -0.2) is 0 Å². The van der Waals surface area contributed by atoms with Crippen molar-refractivity contribution in [2.24, 2.45) is 0 Å². The van der Waals surface area contributed by atoms with Gasteiger partial charge in [-0.2, -0.15) is 0 Å². The predicted molar refractivity (Wildman–Crippen MR) is 129 cm³/mol. The number of hydrogen-bond acceptors (Lipinski definition) is 4. The minimum atomic E-state index is -0.302. The molecule has 6 nitrogen and oxygen atoms in total. The van der Waals surface area contributed by atoms with Crippen molar-refractivity contribution < 1.29 is 9.59 Å². The minimum absolute atomic E-state index is 0.0723. The lowest BCUT2D eigenvalue weighted by atomic mass is 9.93. The van der Waals surface area contributed by atoms with Crippen LogP contribution in [0.2, 0.25) is 0 Å². The first-order valence-electron chi connectivity index (χ1n) is 11.4. The van der Waals surface area contributed by atoms with Crippen molar-refractivity contribution in [1.29, 1.82) is 0 Å². The molecule has 1 unspecified atom stereocenters. The number of hydrogen-bond donors (Lipinski definition) is 1. The maximum absolute atomic E-state index is 12.9. The first-order valence-corrected chi connectivity index (χ1v) is 11.4. The molecule has 0 aliphatic carbocycles. The molecule has 2 aromatic rings. The Hall–Kier alpha value is -3.12. The molecule has 0 bridgehead atoms. The molecule has 1 saturated heterocycles. The molecule has 32 heavy (non-hydrogen) atoms. The fraction of sp³-hybridized carbons (Fsp3) is 0.385. The summed E-state index contributed by atoms with van der Waals surface area (Å²) in [5.41, 5.74) is 5.22. The van der Waals surface area contributed by atoms with E-state index in [0.29, 0.717) is 0 Å². The van der Waals surface area contributed by atoms with E-state index < -0.39 is 0 Å². The number of nitrogens with zero attached hydrogens (tertiary/aromatic N) is 3. The van der Waals surface area contributed by atoms with Crippen LogP contribution in [-0.2, 0) is 9.59 Å². The Morgan fingerprint density at radius 2 is 1.81 bits per heavy atom. The second-order valence-corrected chi connectivity index (χ2v) is 8.56. The summed E-state index contributed by atoms with van der Waals surface area (Å²) >= 11 is 0. The lowest BCUT2D eigenvalue weighted by molar-refractivity contribution is -0.129. The summed E-state index contributed by atoms with van der Waals surface area (Å²) in [7, 11) is 0. The molecule has 0 radical (unpaired) electrons. The Kier molecular flexibility index (Phi) is 6.61. The molecule has 1 fully saturated rings. The summed E-state index contributed by atoms with van der Waals surface area (Å²) < 4.78 is 0. The zero-order valence-corrected chi connectivity index (χ0v) is 19.2. The number of likely N-dealkylation sites (N-methyl/N-ethyl adjacent to an activating group) is 1. The Labute approximate surface area is 190 Å². The molecule has 168 valence electrons. The van der Waals surface area contributed by atoms with Crippen LogP contribution in [0.4, 0.5) is 11.4 Å². The minimum Gasteiger partial charge on any atom is -0.369 e. The number of nitrogens with one attached hydrogen (secondary N) is 1. The third-order valence-corrected chi connectivity index (χ3v) is 6.49. The molecule has 2 heterocycles. The third-order valence-electron chi connectivity index (χ3n) is 6.49. The quantitative estimate of drug-likeness (QED) is 0.775. The standard InChI is InChI=1S/C26H32N4O2/c1-4-28-13-15-29(16-14-28)24-10-9-22(17-19(24)2)27-26(32)18-25-23-8-6-5-7-21(23)11-12-30(25)20(3)31/h5-12,17,25H,4,13-16,18H2,1-3H3,(H,27,32). The highest BCUT2D eigenvalue weighted by molar-refractivity contribution is 5.92. The number of aryl methyl sites for hydroxylation is 1. The Bertz CT molecular complexity index is 1020. The summed E-state index contributed by atoms with van der Waals surface area (Å²) in [6, 6.07) is 13.7. The van der Waals surface area contributed by atoms with Gasteiger partial charge in [0.05, 0.1) is 12.5 Å². The van der Waals surface area contributed by atoms with Crippen LogP contribution in [0, 0.1) is 6.92 Å². The highest BCUT2D eigenvalue weighted by Gasteiger charge is 2.28. The zero-order chi connectivity index (χ0) is 22.7. The SMILES string of the molecule is CCN1CCN(c2ccc(NC(=O)CC3c4ccccc4C=CN3C(C)=O)cc2C)CC1. The number of fused-ring (bicyclic) bond motifs is 1. The van der Waals surface area contributed by atoms with Crippen molar-refractivity contribution >= 4 is 29.3 Å². The molecule has 6 heteroatoms. The van der Waals surface area contributed by atoms with Crippen molar-refractivity contribution in [3.05, 3.63) is 65.4 Å². The number of anilines is 2. The van der Waals surface area contributed by atoms with Gasteiger partial charge in [0.25, 0.3) is 0 Å². The molecule has 2 aromatic carbocycles. The summed E-state index contributed by atoms with van der Waals surface area (Å²) in [4.78, 5) is 31.6. The van der Waals surface area contributed by atoms with Crippen LogP contribution in [0.5, 0.6) is 0 Å². The zero-order valence-electron chi connectivity index (χ0n) is 19.2.